The van der Waals surface area contributed by atoms with Crippen LogP contribution >= 0.6 is 0 Å². The highest BCUT2D eigenvalue weighted by molar-refractivity contribution is 5.44. The summed E-state index contributed by atoms with van der Waals surface area (Å²) in [5.41, 5.74) is 4.09. The SMILES string of the molecule is CCNCC(C)(C)c1cc(C)c(OCC)cc1C. The average Bonchev–Trinajstić information content (AvgIpc) is 2.31. The van der Waals surface area contributed by atoms with Crippen molar-refractivity contribution in [3.05, 3.63) is 28.8 Å². The summed E-state index contributed by atoms with van der Waals surface area (Å²) in [6.07, 6.45) is 0. The number of aryl methyl sites for hydroxylation is 2. The fraction of sp³-hybridized carbons (Fsp3) is 0.625. The summed E-state index contributed by atoms with van der Waals surface area (Å²) in [5, 5.41) is 3.44. The summed E-state index contributed by atoms with van der Waals surface area (Å²) in [6.45, 7) is 15.8. The van der Waals surface area contributed by atoms with Gasteiger partial charge in [0.05, 0.1) is 6.61 Å². The van der Waals surface area contributed by atoms with Crippen LogP contribution in [0.4, 0.5) is 0 Å². The van der Waals surface area contributed by atoms with Crippen LogP contribution in [-0.2, 0) is 5.41 Å². The molecule has 1 aromatic rings. The fourth-order valence-corrected chi connectivity index (χ4v) is 2.36. The van der Waals surface area contributed by atoms with Crippen molar-refractivity contribution in [2.75, 3.05) is 19.7 Å². The van der Waals surface area contributed by atoms with Crippen LogP contribution in [0.15, 0.2) is 12.1 Å². The molecule has 0 atom stereocenters. The van der Waals surface area contributed by atoms with E-state index in [-0.39, 0.29) is 5.41 Å². The van der Waals surface area contributed by atoms with Crippen molar-refractivity contribution >= 4 is 0 Å². The first-order valence-corrected chi connectivity index (χ1v) is 6.87. The van der Waals surface area contributed by atoms with Crippen molar-refractivity contribution in [1.82, 2.24) is 5.32 Å². The second-order valence-electron chi connectivity index (χ2n) is 5.53. The van der Waals surface area contributed by atoms with Gasteiger partial charge in [0.25, 0.3) is 0 Å². The first-order chi connectivity index (χ1) is 8.42. The van der Waals surface area contributed by atoms with Crippen molar-refractivity contribution in [3.63, 3.8) is 0 Å². The Morgan fingerprint density at radius 1 is 1.11 bits per heavy atom. The topological polar surface area (TPSA) is 21.3 Å². The highest BCUT2D eigenvalue weighted by atomic mass is 16.5. The Labute approximate surface area is 112 Å². The van der Waals surface area contributed by atoms with E-state index in [1.54, 1.807) is 0 Å². The van der Waals surface area contributed by atoms with E-state index in [9.17, 15) is 0 Å². The van der Waals surface area contributed by atoms with Crippen LogP contribution in [-0.4, -0.2) is 19.7 Å². The van der Waals surface area contributed by atoms with Crippen molar-refractivity contribution in [3.8, 4) is 5.75 Å². The van der Waals surface area contributed by atoms with Crippen LogP contribution in [0.25, 0.3) is 0 Å². The number of nitrogens with one attached hydrogen (secondary N) is 1. The quantitative estimate of drug-likeness (QED) is 0.832. The van der Waals surface area contributed by atoms with Gasteiger partial charge in [0, 0.05) is 12.0 Å². The van der Waals surface area contributed by atoms with Gasteiger partial charge in [-0.3, -0.25) is 0 Å². The number of rotatable bonds is 6. The number of likely N-dealkylation sites (N-methyl/N-ethyl adjacent to an activating group) is 1. The monoisotopic (exact) mass is 249 g/mol. The maximum Gasteiger partial charge on any atom is 0.122 e. The molecular formula is C16H27NO. The molecule has 0 aliphatic carbocycles. The van der Waals surface area contributed by atoms with Crippen LogP contribution in [0.3, 0.4) is 0 Å². The maximum absolute atomic E-state index is 5.65. The molecule has 0 saturated heterocycles. The van der Waals surface area contributed by atoms with E-state index in [0.29, 0.717) is 0 Å². The van der Waals surface area contributed by atoms with E-state index in [1.165, 1.54) is 16.7 Å². The highest BCUT2D eigenvalue weighted by Gasteiger charge is 2.23. The van der Waals surface area contributed by atoms with Crippen molar-refractivity contribution in [2.45, 2.75) is 47.0 Å². The molecule has 0 bridgehead atoms. The van der Waals surface area contributed by atoms with Crippen molar-refractivity contribution in [2.24, 2.45) is 0 Å². The number of ether oxygens (including phenoxy) is 1. The van der Waals surface area contributed by atoms with E-state index >= 15 is 0 Å². The van der Waals surface area contributed by atoms with Crippen LogP contribution in [0.2, 0.25) is 0 Å². The number of hydrogen-bond donors (Lipinski definition) is 1. The Kier molecular flexibility index (Phi) is 5.21. The lowest BCUT2D eigenvalue weighted by Crippen LogP contribution is -2.33. The molecule has 1 aromatic carbocycles. The van der Waals surface area contributed by atoms with Gasteiger partial charge in [0.2, 0.25) is 0 Å². The van der Waals surface area contributed by atoms with Gasteiger partial charge in [0.1, 0.15) is 5.75 Å². The lowest BCUT2D eigenvalue weighted by Gasteiger charge is -2.28. The fourth-order valence-electron chi connectivity index (χ4n) is 2.36. The molecular weight excluding hydrogens is 222 g/mol. The average molecular weight is 249 g/mol. The van der Waals surface area contributed by atoms with Gasteiger partial charge < -0.3 is 10.1 Å². The second-order valence-corrected chi connectivity index (χ2v) is 5.53. The van der Waals surface area contributed by atoms with Gasteiger partial charge in [-0.1, -0.05) is 26.8 Å². The molecule has 1 rings (SSSR count). The Morgan fingerprint density at radius 3 is 2.33 bits per heavy atom. The molecule has 0 unspecified atom stereocenters. The summed E-state index contributed by atoms with van der Waals surface area (Å²) in [7, 11) is 0. The van der Waals surface area contributed by atoms with Gasteiger partial charge in [0.15, 0.2) is 0 Å². The minimum Gasteiger partial charge on any atom is -0.494 e. The van der Waals surface area contributed by atoms with Gasteiger partial charge in [-0.2, -0.15) is 0 Å². The third kappa shape index (κ3) is 3.49. The third-order valence-corrected chi connectivity index (χ3v) is 3.37. The molecule has 1 N–H and O–H groups in total. The summed E-state index contributed by atoms with van der Waals surface area (Å²) >= 11 is 0. The lowest BCUT2D eigenvalue weighted by atomic mass is 9.81. The molecule has 2 nitrogen and oxygen atoms in total. The predicted molar refractivity (Wildman–Crippen MR) is 78.7 cm³/mol. The standard InChI is InChI=1S/C16H27NO/c1-7-17-11-16(5,6)14-9-13(4)15(18-8-2)10-12(14)3/h9-10,17H,7-8,11H2,1-6H3. The van der Waals surface area contributed by atoms with E-state index in [2.05, 4.69) is 52.1 Å². The van der Waals surface area contributed by atoms with Crippen LogP contribution in [0.1, 0.15) is 44.4 Å². The Morgan fingerprint density at radius 2 is 1.78 bits per heavy atom. The number of benzene rings is 1. The molecule has 0 aliphatic rings. The highest BCUT2D eigenvalue weighted by Crippen LogP contribution is 2.31. The largest absolute Gasteiger partial charge is 0.494 e. The van der Waals surface area contributed by atoms with Gasteiger partial charge in [-0.05, 0) is 50.1 Å². The Bertz CT molecular complexity index is 396. The second kappa shape index (κ2) is 6.24. The van der Waals surface area contributed by atoms with Gasteiger partial charge >= 0.3 is 0 Å². The molecule has 0 heterocycles. The summed E-state index contributed by atoms with van der Waals surface area (Å²) in [4.78, 5) is 0. The van der Waals surface area contributed by atoms with Crippen molar-refractivity contribution in [1.29, 1.82) is 0 Å². The minimum absolute atomic E-state index is 0.148. The van der Waals surface area contributed by atoms with E-state index in [1.807, 2.05) is 6.92 Å². The Hall–Kier alpha value is -1.02. The van der Waals surface area contributed by atoms with Gasteiger partial charge in [-0.25, -0.2) is 0 Å². The van der Waals surface area contributed by atoms with Crippen LogP contribution in [0.5, 0.6) is 5.75 Å². The first kappa shape index (κ1) is 15.0. The summed E-state index contributed by atoms with van der Waals surface area (Å²) in [5.74, 6) is 1.01. The molecule has 0 amide bonds. The normalized spacial score (nSPS) is 11.7. The Balaban J connectivity index is 3.06. The molecule has 0 radical (unpaired) electrons. The molecule has 2 heteroatoms. The first-order valence-electron chi connectivity index (χ1n) is 6.87. The lowest BCUT2D eigenvalue weighted by molar-refractivity contribution is 0.337. The smallest absolute Gasteiger partial charge is 0.122 e. The molecule has 102 valence electrons. The van der Waals surface area contributed by atoms with E-state index in [4.69, 9.17) is 4.74 Å². The third-order valence-electron chi connectivity index (χ3n) is 3.37. The van der Waals surface area contributed by atoms with E-state index < -0.39 is 0 Å². The zero-order valence-corrected chi connectivity index (χ0v) is 12.7. The zero-order valence-electron chi connectivity index (χ0n) is 12.7. The molecule has 0 aromatic heterocycles. The van der Waals surface area contributed by atoms with E-state index in [0.717, 1.165) is 25.4 Å². The maximum atomic E-state index is 5.65. The molecule has 0 fully saturated rings. The minimum atomic E-state index is 0.148. The molecule has 18 heavy (non-hydrogen) atoms. The summed E-state index contributed by atoms with van der Waals surface area (Å²) in [6, 6.07) is 4.44. The molecule has 0 aliphatic heterocycles. The summed E-state index contributed by atoms with van der Waals surface area (Å²) < 4.78 is 5.65. The van der Waals surface area contributed by atoms with Crippen molar-refractivity contribution < 1.29 is 4.74 Å². The van der Waals surface area contributed by atoms with Crippen LogP contribution < -0.4 is 10.1 Å². The molecule has 0 spiro atoms. The predicted octanol–water partition coefficient (Wildman–Crippen LogP) is 3.59. The zero-order chi connectivity index (χ0) is 13.8. The molecule has 0 saturated carbocycles. The number of hydrogen-bond acceptors (Lipinski definition) is 2. The van der Waals surface area contributed by atoms with Gasteiger partial charge in [-0.15, -0.1) is 0 Å². The van der Waals surface area contributed by atoms with Crippen LogP contribution in [0, 0.1) is 13.8 Å².